The van der Waals surface area contributed by atoms with Crippen LogP contribution < -0.4 is 10.3 Å². The summed E-state index contributed by atoms with van der Waals surface area (Å²) < 4.78 is 18.9. The van der Waals surface area contributed by atoms with E-state index in [1.165, 1.54) is 16.5 Å². The van der Waals surface area contributed by atoms with Crippen molar-refractivity contribution in [1.29, 1.82) is 0 Å². The van der Waals surface area contributed by atoms with Crippen LogP contribution in [0.5, 0.6) is 5.75 Å². The number of thiophene rings is 1. The zero-order valence-corrected chi connectivity index (χ0v) is 18.9. The maximum absolute atomic E-state index is 13.5. The molecule has 9 heteroatoms. The molecule has 1 N–H and O–H groups in total. The summed E-state index contributed by atoms with van der Waals surface area (Å²) in [6, 6.07) is 6.21. The zero-order valence-electron chi connectivity index (χ0n) is 17.3. The first-order valence-electron chi connectivity index (χ1n) is 10.3. The van der Waals surface area contributed by atoms with Gasteiger partial charge in [-0.15, -0.1) is 11.3 Å². The van der Waals surface area contributed by atoms with Crippen molar-refractivity contribution >= 4 is 39.2 Å². The number of ether oxygens (including phenoxy) is 1. The Morgan fingerprint density at radius 1 is 1.35 bits per heavy atom. The summed E-state index contributed by atoms with van der Waals surface area (Å²) in [4.78, 5) is 36.0. The van der Waals surface area contributed by atoms with Gasteiger partial charge in [-0.1, -0.05) is 12.1 Å². The molecular formula is C22H24FN3O3S2. The fourth-order valence-corrected chi connectivity index (χ4v) is 5.69. The molecule has 0 bridgehead atoms. The fourth-order valence-electron chi connectivity index (χ4n) is 3.61. The largest absolute Gasteiger partial charge is 0.489 e. The van der Waals surface area contributed by atoms with E-state index in [-0.39, 0.29) is 23.8 Å². The molecule has 31 heavy (non-hydrogen) atoms. The third-order valence-electron chi connectivity index (χ3n) is 5.27. The molecule has 2 aromatic heterocycles. The van der Waals surface area contributed by atoms with E-state index in [0.717, 1.165) is 29.5 Å². The van der Waals surface area contributed by atoms with Gasteiger partial charge in [-0.3, -0.25) is 9.59 Å². The Hall–Kier alpha value is -2.39. The highest BCUT2D eigenvalue weighted by molar-refractivity contribution is 7.98. The van der Waals surface area contributed by atoms with E-state index >= 15 is 0 Å². The monoisotopic (exact) mass is 461 g/mol. The van der Waals surface area contributed by atoms with Gasteiger partial charge in [0.25, 0.3) is 5.56 Å². The quantitative estimate of drug-likeness (QED) is 0.491. The van der Waals surface area contributed by atoms with Gasteiger partial charge in [0.1, 0.15) is 17.3 Å². The Morgan fingerprint density at radius 3 is 3.03 bits per heavy atom. The highest BCUT2D eigenvalue weighted by Crippen LogP contribution is 2.34. The molecule has 0 saturated carbocycles. The number of carbonyl (C=O) groups excluding carboxylic acids is 1. The van der Waals surface area contributed by atoms with Crippen LogP contribution in [0.25, 0.3) is 10.2 Å². The number of thioether (sulfide) groups is 1. The Balaban J connectivity index is 1.21. The maximum Gasteiger partial charge on any atom is 0.259 e. The second kappa shape index (κ2) is 9.82. The molecular weight excluding hydrogens is 437 g/mol. The summed E-state index contributed by atoms with van der Waals surface area (Å²) in [5.74, 6) is 1.61. The highest BCUT2D eigenvalue weighted by Gasteiger charge is 2.21. The number of nitrogens with zero attached hydrogens (tertiary/aromatic N) is 2. The minimum atomic E-state index is -0.412. The Morgan fingerprint density at radius 2 is 2.19 bits per heavy atom. The normalized spacial score (nSPS) is 12.8. The van der Waals surface area contributed by atoms with Gasteiger partial charge in [0.05, 0.1) is 17.7 Å². The number of nitrogens with one attached hydrogen (secondary N) is 1. The van der Waals surface area contributed by atoms with Crippen molar-refractivity contribution in [3.05, 3.63) is 56.7 Å². The van der Waals surface area contributed by atoms with Crippen molar-refractivity contribution < 1.29 is 13.9 Å². The number of carbonyl (C=O) groups is 1. The molecule has 0 spiro atoms. The standard InChI is InChI=1S/C22H24FN3O3S2/c1-26(10-11-29-16-7-3-2-6-15(16)23)19(27)9-12-30-13-18-24-21(28)20-14-5-4-8-17(14)31-22(20)25-18/h2-3,6-7H,4-5,8-13H2,1H3,(H,24,25,28). The molecule has 0 fully saturated rings. The van der Waals surface area contributed by atoms with E-state index in [1.54, 1.807) is 53.2 Å². The predicted molar refractivity (Wildman–Crippen MR) is 123 cm³/mol. The zero-order chi connectivity index (χ0) is 21.8. The van der Waals surface area contributed by atoms with E-state index in [9.17, 15) is 14.0 Å². The number of rotatable bonds is 9. The Labute approximate surface area is 187 Å². The molecule has 0 aliphatic heterocycles. The van der Waals surface area contributed by atoms with E-state index < -0.39 is 5.82 Å². The number of amides is 1. The first-order chi connectivity index (χ1) is 15.0. The minimum Gasteiger partial charge on any atom is -0.489 e. The highest BCUT2D eigenvalue weighted by atomic mass is 32.2. The Bertz CT molecular complexity index is 1140. The SMILES string of the molecule is CN(CCOc1ccccc1F)C(=O)CCSCc1nc2sc3c(c2c(=O)[nH]1)CCC3. The number of aryl methyl sites for hydroxylation is 2. The van der Waals surface area contributed by atoms with Crippen molar-refractivity contribution in [2.45, 2.75) is 31.4 Å². The fraction of sp³-hybridized carbons (Fsp3) is 0.409. The molecule has 4 rings (SSSR count). The lowest BCUT2D eigenvalue weighted by molar-refractivity contribution is -0.129. The number of likely N-dealkylation sites (N-methyl/N-ethyl adjacent to an activating group) is 1. The molecule has 1 aromatic carbocycles. The average molecular weight is 462 g/mol. The van der Waals surface area contributed by atoms with Gasteiger partial charge in [-0.05, 0) is 37.0 Å². The van der Waals surface area contributed by atoms with Gasteiger partial charge in [-0.2, -0.15) is 11.8 Å². The first-order valence-corrected chi connectivity index (χ1v) is 12.2. The van der Waals surface area contributed by atoms with E-state index in [0.29, 0.717) is 30.3 Å². The smallest absolute Gasteiger partial charge is 0.259 e. The van der Waals surface area contributed by atoms with Crippen molar-refractivity contribution in [2.75, 3.05) is 26.0 Å². The third kappa shape index (κ3) is 5.10. The van der Waals surface area contributed by atoms with Gasteiger partial charge >= 0.3 is 0 Å². The van der Waals surface area contributed by atoms with Crippen LogP contribution in [-0.2, 0) is 23.4 Å². The van der Waals surface area contributed by atoms with Crippen LogP contribution in [0.3, 0.4) is 0 Å². The summed E-state index contributed by atoms with van der Waals surface area (Å²) in [5, 5.41) is 0.764. The number of aromatic amines is 1. The molecule has 0 unspecified atom stereocenters. The second-order valence-corrected chi connectivity index (χ2v) is 9.64. The van der Waals surface area contributed by atoms with E-state index in [2.05, 4.69) is 9.97 Å². The van der Waals surface area contributed by atoms with Crippen molar-refractivity contribution in [3.8, 4) is 5.75 Å². The Kier molecular flexibility index (Phi) is 6.92. The van der Waals surface area contributed by atoms with Crippen LogP contribution >= 0.6 is 23.1 Å². The minimum absolute atomic E-state index is 0.00350. The number of hydrogen-bond donors (Lipinski definition) is 1. The van der Waals surface area contributed by atoms with Gasteiger partial charge in [0.15, 0.2) is 11.6 Å². The first kappa shape index (κ1) is 21.8. The van der Waals surface area contributed by atoms with Crippen LogP contribution in [0.15, 0.2) is 29.1 Å². The lowest BCUT2D eigenvalue weighted by atomic mass is 10.2. The number of benzene rings is 1. The van der Waals surface area contributed by atoms with Crippen LogP contribution in [0.1, 0.15) is 29.1 Å². The molecule has 1 aliphatic carbocycles. The molecule has 3 aromatic rings. The lowest BCUT2D eigenvalue weighted by Gasteiger charge is -2.17. The second-order valence-electron chi connectivity index (χ2n) is 7.45. The average Bonchev–Trinajstić information content (AvgIpc) is 3.33. The van der Waals surface area contributed by atoms with Crippen LogP contribution in [-0.4, -0.2) is 46.7 Å². The number of H-pyrrole nitrogens is 1. The molecule has 2 heterocycles. The summed E-state index contributed by atoms with van der Waals surface area (Å²) in [6.07, 6.45) is 3.50. The van der Waals surface area contributed by atoms with Crippen molar-refractivity contribution in [3.63, 3.8) is 0 Å². The number of hydrogen-bond acceptors (Lipinski definition) is 6. The van der Waals surface area contributed by atoms with E-state index in [4.69, 9.17) is 4.74 Å². The van der Waals surface area contributed by atoms with Crippen molar-refractivity contribution in [1.82, 2.24) is 14.9 Å². The van der Waals surface area contributed by atoms with Gasteiger partial charge in [0.2, 0.25) is 5.91 Å². The summed E-state index contributed by atoms with van der Waals surface area (Å²) in [6.45, 7) is 0.610. The third-order valence-corrected chi connectivity index (χ3v) is 7.43. The summed E-state index contributed by atoms with van der Waals surface area (Å²) >= 11 is 3.20. The molecule has 0 saturated heterocycles. The summed E-state index contributed by atoms with van der Waals surface area (Å²) in [7, 11) is 1.71. The van der Waals surface area contributed by atoms with Crippen LogP contribution in [0, 0.1) is 5.82 Å². The molecule has 1 aliphatic rings. The molecule has 0 atom stereocenters. The van der Waals surface area contributed by atoms with Gasteiger partial charge < -0.3 is 14.6 Å². The van der Waals surface area contributed by atoms with Crippen LogP contribution in [0.4, 0.5) is 4.39 Å². The molecule has 0 radical (unpaired) electrons. The summed E-state index contributed by atoms with van der Waals surface area (Å²) in [5.41, 5.74) is 1.13. The van der Waals surface area contributed by atoms with Gasteiger partial charge in [-0.25, -0.2) is 9.37 Å². The molecule has 6 nitrogen and oxygen atoms in total. The number of halogens is 1. The lowest BCUT2D eigenvalue weighted by Crippen LogP contribution is -2.31. The van der Waals surface area contributed by atoms with Crippen molar-refractivity contribution in [2.24, 2.45) is 0 Å². The molecule has 164 valence electrons. The topological polar surface area (TPSA) is 75.3 Å². The number of aromatic nitrogens is 2. The van der Waals surface area contributed by atoms with Crippen LogP contribution in [0.2, 0.25) is 0 Å². The molecule has 1 amide bonds. The van der Waals surface area contributed by atoms with E-state index in [1.807, 2.05) is 0 Å². The van der Waals surface area contributed by atoms with Gasteiger partial charge in [0, 0.05) is 24.1 Å². The maximum atomic E-state index is 13.5. The number of fused-ring (bicyclic) bond motifs is 3. The number of para-hydroxylation sites is 1. The predicted octanol–water partition coefficient (Wildman–Crippen LogP) is 3.77.